The van der Waals surface area contributed by atoms with E-state index in [0.717, 1.165) is 37.3 Å². The summed E-state index contributed by atoms with van der Waals surface area (Å²) in [7, 11) is 3.94. The highest BCUT2D eigenvalue weighted by molar-refractivity contribution is 7.12. The second-order valence-electron chi connectivity index (χ2n) is 6.64. The van der Waals surface area contributed by atoms with Gasteiger partial charge in [0.2, 0.25) is 0 Å². The molecule has 0 saturated carbocycles. The molecule has 6 nitrogen and oxygen atoms in total. The number of carbonyl (C=O) groups is 1. The van der Waals surface area contributed by atoms with E-state index in [-0.39, 0.29) is 5.91 Å². The summed E-state index contributed by atoms with van der Waals surface area (Å²) in [5.41, 5.74) is 1.48. The summed E-state index contributed by atoms with van der Waals surface area (Å²) in [6.07, 6.45) is 4.69. The van der Waals surface area contributed by atoms with Gasteiger partial charge in [0.1, 0.15) is 16.8 Å². The van der Waals surface area contributed by atoms with Crippen LogP contribution in [0, 0.1) is 11.3 Å². The van der Waals surface area contributed by atoms with Gasteiger partial charge in [-0.1, -0.05) is 0 Å². The number of carbonyl (C=O) groups excluding carboxylic acids is 1. The predicted molar refractivity (Wildman–Crippen MR) is 105 cm³/mol. The Morgan fingerprint density at radius 1 is 1.35 bits per heavy atom. The van der Waals surface area contributed by atoms with Crippen molar-refractivity contribution in [2.45, 2.75) is 25.3 Å². The number of nitrogens with one attached hydrogen (secondary N) is 1. The number of anilines is 2. The van der Waals surface area contributed by atoms with Gasteiger partial charge in [-0.3, -0.25) is 4.79 Å². The molecule has 1 atom stereocenters. The minimum absolute atomic E-state index is 0.0193. The average molecular weight is 369 g/mol. The van der Waals surface area contributed by atoms with Gasteiger partial charge < -0.3 is 15.1 Å². The Morgan fingerprint density at radius 3 is 2.88 bits per heavy atom. The molecule has 1 aliphatic heterocycles. The summed E-state index contributed by atoms with van der Waals surface area (Å²) in [5, 5.41) is 14.5. The van der Waals surface area contributed by atoms with Crippen molar-refractivity contribution < 1.29 is 4.79 Å². The van der Waals surface area contributed by atoms with E-state index in [1.807, 2.05) is 42.2 Å². The Morgan fingerprint density at radius 2 is 2.19 bits per heavy atom. The van der Waals surface area contributed by atoms with Crippen LogP contribution in [0.1, 0.15) is 34.5 Å². The highest BCUT2D eigenvalue weighted by atomic mass is 32.1. The number of rotatable bonds is 4. The van der Waals surface area contributed by atoms with Crippen molar-refractivity contribution in [1.82, 2.24) is 9.88 Å². The second kappa shape index (κ2) is 8.19. The largest absolute Gasteiger partial charge is 0.381 e. The lowest BCUT2D eigenvalue weighted by Crippen LogP contribution is -2.32. The zero-order valence-corrected chi connectivity index (χ0v) is 15.9. The van der Waals surface area contributed by atoms with Crippen LogP contribution in [0.5, 0.6) is 0 Å². The molecule has 3 rings (SSSR count). The van der Waals surface area contributed by atoms with E-state index in [1.165, 1.54) is 11.3 Å². The first kappa shape index (κ1) is 18.2. The highest BCUT2D eigenvalue weighted by Gasteiger charge is 2.24. The van der Waals surface area contributed by atoms with Gasteiger partial charge in [-0.05, 0) is 42.8 Å². The Balaban J connectivity index is 1.60. The first-order valence-corrected chi connectivity index (χ1v) is 9.63. The zero-order valence-electron chi connectivity index (χ0n) is 15.1. The molecule has 2 aromatic heterocycles. The van der Waals surface area contributed by atoms with Crippen molar-refractivity contribution >= 4 is 28.7 Å². The molecule has 26 heavy (non-hydrogen) atoms. The number of amides is 1. The number of hydrogen-bond acceptors (Lipinski definition) is 6. The molecule has 1 amide bonds. The molecule has 0 unspecified atom stereocenters. The molecule has 7 heteroatoms. The van der Waals surface area contributed by atoms with Gasteiger partial charge in [0, 0.05) is 33.2 Å². The van der Waals surface area contributed by atoms with Crippen molar-refractivity contribution in [1.29, 1.82) is 5.26 Å². The molecule has 1 fully saturated rings. The van der Waals surface area contributed by atoms with Crippen LogP contribution in [0.3, 0.4) is 0 Å². The lowest BCUT2D eigenvalue weighted by molar-refractivity contribution is 0.0766. The quantitative estimate of drug-likeness (QED) is 0.896. The maximum absolute atomic E-state index is 12.7. The van der Waals surface area contributed by atoms with E-state index in [2.05, 4.69) is 16.4 Å². The Hall–Kier alpha value is -2.59. The molecule has 1 aliphatic rings. The van der Waals surface area contributed by atoms with Crippen LogP contribution in [0.15, 0.2) is 29.8 Å². The van der Waals surface area contributed by atoms with Gasteiger partial charge in [-0.2, -0.15) is 5.26 Å². The fourth-order valence-corrected chi connectivity index (χ4v) is 3.93. The van der Waals surface area contributed by atoms with Crippen molar-refractivity contribution in [3.05, 3.63) is 40.2 Å². The van der Waals surface area contributed by atoms with Crippen LogP contribution >= 0.6 is 11.3 Å². The molecule has 1 N–H and O–H groups in total. The molecule has 0 aliphatic carbocycles. The van der Waals surface area contributed by atoms with Crippen LogP contribution in [0.2, 0.25) is 0 Å². The predicted octanol–water partition coefficient (Wildman–Crippen LogP) is 3.19. The first-order valence-electron chi connectivity index (χ1n) is 8.75. The highest BCUT2D eigenvalue weighted by Crippen LogP contribution is 2.22. The molecule has 3 heterocycles. The van der Waals surface area contributed by atoms with Crippen LogP contribution in [-0.4, -0.2) is 49.0 Å². The third-order valence-electron chi connectivity index (χ3n) is 4.57. The van der Waals surface area contributed by atoms with Crippen molar-refractivity contribution in [3.63, 3.8) is 0 Å². The second-order valence-corrected chi connectivity index (χ2v) is 7.56. The molecule has 0 aromatic carbocycles. The molecule has 0 bridgehead atoms. The summed E-state index contributed by atoms with van der Waals surface area (Å²) < 4.78 is 0. The summed E-state index contributed by atoms with van der Waals surface area (Å²) in [6.45, 7) is 1.43. The van der Waals surface area contributed by atoms with Crippen molar-refractivity contribution in [3.8, 4) is 6.07 Å². The number of nitriles is 1. The van der Waals surface area contributed by atoms with Gasteiger partial charge in [0.15, 0.2) is 0 Å². The minimum atomic E-state index is -0.0193. The molecule has 1 saturated heterocycles. The van der Waals surface area contributed by atoms with E-state index in [9.17, 15) is 4.79 Å². The fraction of sp³-hybridized carbons (Fsp3) is 0.421. The summed E-state index contributed by atoms with van der Waals surface area (Å²) in [4.78, 5) is 21.5. The summed E-state index contributed by atoms with van der Waals surface area (Å²) >= 11 is 1.35. The van der Waals surface area contributed by atoms with E-state index in [4.69, 9.17) is 5.26 Å². The number of hydrogen-bond donors (Lipinski definition) is 1. The van der Waals surface area contributed by atoms with Crippen LogP contribution in [0.25, 0.3) is 0 Å². The van der Waals surface area contributed by atoms with Gasteiger partial charge in [0.25, 0.3) is 5.91 Å². The van der Waals surface area contributed by atoms with E-state index >= 15 is 0 Å². The van der Waals surface area contributed by atoms with Gasteiger partial charge in [-0.25, -0.2) is 4.98 Å². The monoisotopic (exact) mass is 369 g/mol. The number of pyridine rings is 1. The molecule has 136 valence electrons. The third kappa shape index (κ3) is 4.14. The minimum Gasteiger partial charge on any atom is -0.381 e. The molecule has 2 aromatic rings. The Kier molecular flexibility index (Phi) is 5.74. The normalized spacial score (nSPS) is 17.3. The Bertz CT molecular complexity index is 793. The topological polar surface area (TPSA) is 72.3 Å². The maximum Gasteiger partial charge on any atom is 0.265 e. The third-order valence-corrected chi connectivity index (χ3v) is 5.47. The standard InChI is InChI=1S/C19H23N5OS/c1-23(2)17-6-5-16(13-21-17)22-15-4-3-9-24(10-7-15)19(25)18-14(12-20)8-11-26-18/h5-6,8,11,13,15,22H,3-4,7,9-10H2,1-2H3/t15-/m0/s1. The SMILES string of the molecule is CN(C)c1ccc(N[C@H]2CCCN(C(=O)c3sccc3C#N)CC2)cn1. The molecular formula is C19H23N5OS. The fourth-order valence-electron chi connectivity index (χ4n) is 3.12. The van der Waals surface area contributed by atoms with Crippen molar-refractivity contribution in [2.75, 3.05) is 37.4 Å². The zero-order chi connectivity index (χ0) is 18.5. The lowest BCUT2D eigenvalue weighted by atomic mass is 10.1. The lowest BCUT2D eigenvalue weighted by Gasteiger charge is -2.21. The van der Waals surface area contributed by atoms with Crippen LogP contribution < -0.4 is 10.2 Å². The molecule has 0 spiro atoms. The molecular weight excluding hydrogens is 346 g/mol. The first-order chi connectivity index (χ1) is 12.6. The van der Waals surface area contributed by atoms with Gasteiger partial charge in [0.05, 0.1) is 17.4 Å². The van der Waals surface area contributed by atoms with Gasteiger partial charge >= 0.3 is 0 Å². The number of aromatic nitrogens is 1. The molecule has 0 radical (unpaired) electrons. The maximum atomic E-state index is 12.7. The summed E-state index contributed by atoms with van der Waals surface area (Å²) in [5.74, 6) is 0.909. The number of nitrogens with zero attached hydrogens (tertiary/aromatic N) is 4. The van der Waals surface area contributed by atoms with Crippen molar-refractivity contribution in [2.24, 2.45) is 0 Å². The average Bonchev–Trinajstić information content (AvgIpc) is 3.01. The van der Waals surface area contributed by atoms with Gasteiger partial charge in [-0.15, -0.1) is 11.3 Å². The summed E-state index contributed by atoms with van der Waals surface area (Å²) in [6, 6.07) is 8.17. The van der Waals surface area contributed by atoms with E-state index < -0.39 is 0 Å². The van der Waals surface area contributed by atoms with E-state index in [0.29, 0.717) is 23.0 Å². The van der Waals surface area contributed by atoms with Crippen LogP contribution in [0.4, 0.5) is 11.5 Å². The number of likely N-dealkylation sites (tertiary alicyclic amines) is 1. The Labute approximate surface area is 158 Å². The van der Waals surface area contributed by atoms with Crippen LogP contribution in [-0.2, 0) is 0 Å². The number of thiophene rings is 1. The van der Waals surface area contributed by atoms with E-state index in [1.54, 1.807) is 11.4 Å². The smallest absolute Gasteiger partial charge is 0.265 e.